The normalized spacial score (nSPS) is 18.6. The minimum atomic E-state index is -0.350. The zero-order valence-electron chi connectivity index (χ0n) is 13.6. The van der Waals surface area contributed by atoms with Gasteiger partial charge in [0.25, 0.3) is 0 Å². The van der Waals surface area contributed by atoms with E-state index in [1.807, 2.05) is 13.8 Å². The van der Waals surface area contributed by atoms with Crippen LogP contribution in [0.3, 0.4) is 0 Å². The Bertz CT molecular complexity index is 537. The van der Waals surface area contributed by atoms with Crippen molar-refractivity contribution in [3.05, 3.63) is 29.6 Å². The highest BCUT2D eigenvalue weighted by Crippen LogP contribution is 2.32. The van der Waals surface area contributed by atoms with Crippen LogP contribution in [0.4, 0.5) is 9.18 Å². The summed E-state index contributed by atoms with van der Waals surface area (Å²) in [5, 5.41) is 14.9. The Kier molecular flexibility index (Phi) is 6.21. The number of hydrogen-bond donors (Lipinski definition) is 3. The first-order chi connectivity index (χ1) is 11.0. The predicted octanol–water partition coefficient (Wildman–Crippen LogP) is 2.75. The quantitative estimate of drug-likeness (QED) is 0.780. The second-order valence-electron chi connectivity index (χ2n) is 6.21. The van der Waals surface area contributed by atoms with Gasteiger partial charge in [0.15, 0.2) is 0 Å². The van der Waals surface area contributed by atoms with Crippen molar-refractivity contribution >= 4 is 6.03 Å². The third-order valence-electron chi connectivity index (χ3n) is 4.11. The van der Waals surface area contributed by atoms with Crippen molar-refractivity contribution in [1.82, 2.24) is 10.6 Å². The highest BCUT2D eigenvalue weighted by molar-refractivity contribution is 5.75. The van der Waals surface area contributed by atoms with E-state index in [1.165, 1.54) is 12.1 Å². The molecule has 0 fully saturated rings. The van der Waals surface area contributed by atoms with Crippen LogP contribution in [0.2, 0.25) is 0 Å². The summed E-state index contributed by atoms with van der Waals surface area (Å²) in [7, 11) is 0. The molecule has 1 aliphatic heterocycles. The molecule has 5 nitrogen and oxygen atoms in total. The molecule has 0 aromatic heterocycles. The maximum Gasteiger partial charge on any atom is 0.315 e. The number of aliphatic hydroxyl groups excluding tert-OH is 1. The van der Waals surface area contributed by atoms with E-state index in [2.05, 4.69) is 10.6 Å². The molecule has 0 aliphatic carbocycles. The highest BCUT2D eigenvalue weighted by atomic mass is 19.1. The monoisotopic (exact) mass is 324 g/mol. The number of halogens is 1. The van der Waals surface area contributed by atoms with Crippen LogP contribution < -0.4 is 15.4 Å². The molecule has 1 aliphatic rings. The summed E-state index contributed by atoms with van der Waals surface area (Å²) >= 11 is 0. The summed E-state index contributed by atoms with van der Waals surface area (Å²) in [6.07, 6.45) is 2.03. The molecule has 0 spiro atoms. The molecule has 0 radical (unpaired) electrons. The van der Waals surface area contributed by atoms with E-state index in [-0.39, 0.29) is 36.5 Å². The van der Waals surface area contributed by atoms with Crippen molar-refractivity contribution in [3.63, 3.8) is 0 Å². The lowest BCUT2D eigenvalue weighted by atomic mass is 10.0. The molecule has 3 N–H and O–H groups in total. The van der Waals surface area contributed by atoms with E-state index in [9.17, 15) is 9.18 Å². The first-order valence-electron chi connectivity index (χ1n) is 8.11. The van der Waals surface area contributed by atoms with Crippen molar-refractivity contribution in [2.75, 3.05) is 13.2 Å². The maximum atomic E-state index is 13.4. The first kappa shape index (κ1) is 17.5. The Morgan fingerprint density at radius 1 is 1.48 bits per heavy atom. The van der Waals surface area contributed by atoms with Gasteiger partial charge in [-0.15, -0.1) is 0 Å². The Morgan fingerprint density at radius 2 is 2.26 bits per heavy atom. The summed E-state index contributed by atoms with van der Waals surface area (Å²) in [6, 6.07) is 3.82. The van der Waals surface area contributed by atoms with E-state index >= 15 is 0 Å². The molecule has 6 heteroatoms. The van der Waals surface area contributed by atoms with Crippen molar-refractivity contribution in [3.8, 4) is 5.75 Å². The Hall–Kier alpha value is -1.82. The van der Waals surface area contributed by atoms with Gasteiger partial charge in [-0.05, 0) is 31.2 Å². The Labute approximate surface area is 136 Å². The number of carbonyl (C=O) groups is 1. The summed E-state index contributed by atoms with van der Waals surface area (Å²) in [6.45, 7) is 4.54. The van der Waals surface area contributed by atoms with Gasteiger partial charge in [-0.2, -0.15) is 0 Å². The summed E-state index contributed by atoms with van der Waals surface area (Å²) in [5.74, 6) is 0.368. The van der Waals surface area contributed by atoms with Gasteiger partial charge in [0.1, 0.15) is 11.6 Å². The highest BCUT2D eigenvalue weighted by Gasteiger charge is 2.23. The maximum absolute atomic E-state index is 13.4. The molecule has 2 rings (SSSR count). The fourth-order valence-electron chi connectivity index (χ4n) is 2.78. The fraction of sp³-hybridized carbons (Fsp3) is 0.588. The summed E-state index contributed by atoms with van der Waals surface area (Å²) in [5.41, 5.74) is 0.794. The second-order valence-corrected chi connectivity index (χ2v) is 6.21. The standard InChI is InChI=1S/C17H25FN2O3/c1-11(2)14(7-8-21)19-17(22)20-15-4-3-9-23-16-10-12(18)5-6-13(15)16/h5-6,10-11,14-15,21H,3-4,7-9H2,1-2H3,(H2,19,20,22). The number of urea groups is 1. The van der Waals surface area contributed by atoms with Crippen LogP contribution in [0.25, 0.3) is 0 Å². The van der Waals surface area contributed by atoms with Gasteiger partial charge in [-0.25, -0.2) is 9.18 Å². The lowest BCUT2D eigenvalue weighted by Gasteiger charge is -2.24. The van der Waals surface area contributed by atoms with Gasteiger partial charge in [0.2, 0.25) is 0 Å². The second kappa shape index (κ2) is 8.15. The number of ether oxygens (including phenoxy) is 1. The van der Waals surface area contributed by atoms with Gasteiger partial charge < -0.3 is 20.5 Å². The van der Waals surface area contributed by atoms with Crippen LogP contribution in [0.1, 0.15) is 44.7 Å². The third-order valence-corrected chi connectivity index (χ3v) is 4.11. The van der Waals surface area contributed by atoms with Crippen LogP contribution in [0, 0.1) is 11.7 Å². The molecule has 2 unspecified atom stereocenters. The molecule has 0 saturated heterocycles. The number of rotatable bonds is 5. The SMILES string of the molecule is CC(C)C(CCO)NC(=O)NC1CCCOc2cc(F)ccc21. The summed E-state index contributed by atoms with van der Waals surface area (Å²) < 4.78 is 18.9. The van der Waals surface area contributed by atoms with E-state index in [4.69, 9.17) is 9.84 Å². The molecule has 0 bridgehead atoms. The number of fused-ring (bicyclic) bond motifs is 1. The third kappa shape index (κ3) is 4.82. The molecule has 1 aromatic carbocycles. The van der Waals surface area contributed by atoms with Crippen LogP contribution in [-0.4, -0.2) is 30.4 Å². The van der Waals surface area contributed by atoms with Gasteiger partial charge in [-0.1, -0.05) is 19.9 Å². The molecule has 0 saturated carbocycles. The number of aliphatic hydroxyl groups is 1. The van der Waals surface area contributed by atoms with Crippen LogP contribution in [-0.2, 0) is 0 Å². The average Bonchev–Trinajstić information content (AvgIpc) is 2.68. The number of hydrogen-bond acceptors (Lipinski definition) is 3. The number of carbonyl (C=O) groups excluding carboxylic acids is 1. The topological polar surface area (TPSA) is 70.6 Å². The molecule has 1 aromatic rings. The van der Waals surface area contributed by atoms with Gasteiger partial charge in [0.05, 0.1) is 12.6 Å². The zero-order valence-corrected chi connectivity index (χ0v) is 13.6. The van der Waals surface area contributed by atoms with Crippen molar-refractivity contribution in [2.24, 2.45) is 5.92 Å². The van der Waals surface area contributed by atoms with Crippen molar-refractivity contribution in [2.45, 2.75) is 45.2 Å². The van der Waals surface area contributed by atoms with E-state index in [0.29, 0.717) is 18.8 Å². The zero-order chi connectivity index (χ0) is 16.8. The predicted molar refractivity (Wildman–Crippen MR) is 85.9 cm³/mol. The van der Waals surface area contributed by atoms with Crippen LogP contribution >= 0.6 is 0 Å². The van der Waals surface area contributed by atoms with Gasteiger partial charge in [0, 0.05) is 24.3 Å². The van der Waals surface area contributed by atoms with E-state index in [0.717, 1.165) is 18.4 Å². The number of amides is 2. The van der Waals surface area contributed by atoms with Crippen LogP contribution in [0.15, 0.2) is 18.2 Å². The van der Waals surface area contributed by atoms with Crippen molar-refractivity contribution < 1.29 is 19.0 Å². The molecule has 2 amide bonds. The minimum absolute atomic E-state index is 0.0303. The van der Waals surface area contributed by atoms with Crippen LogP contribution in [0.5, 0.6) is 5.75 Å². The Balaban J connectivity index is 2.06. The van der Waals surface area contributed by atoms with E-state index in [1.54, 1.807) is 6.07 Å². The largest absolute Gasteiger partial charge is 0.493 e. The Morgan fingerprint density at radius 3 is 2.96 bits per heavy atom. The average molecular weight is 324 g/mol. The number of benzene rings is 1. The molecule has 1 heterocycles. The number of nitrogens with one attached hydrogen (secondary N) is 2. The van der Waals surface area contributed by atoms with E-state index < -0.39 is 0 Å². The lowest BCUT2D eigenvalue weighted by Crippen LogP contribution is -2.46. The first-order valence-corrected chi connectivity index (χ1v) is 8.11. The van der Waals surface area contributed by atoms with Gasteiger partial charge >= 0.3 is 6.03 Å². The lowest BCUT2D eigenvalue weighted by molar-refractivity contribution is 0.215. The smallest absolute Gasteiger partial charge is 0.315 e. The van der Waals surface area contributed by atoms with Gasteiger partial charge in [-0.3, -0.25) is 0 Å². The molecule has 2 atom stereocenters. The molecular formula is C17H25FN2O3. The fourth-order valence-corrected chi connectivity index (χ4v) is 2.78. The molecule has 23 heavy (non-hydrogen) atoms. The summed E-state index contributed by atoms with van der Waals surface area (Å²) in [4.78, 5) is 12.3. The van der Waals surface area contributed by atoms with Crippen molar-refractivity contribution in [1.29, 1.82) is 0 Å². The minimum Gasteiger partial charge on any atom is -0.493 e. The molecule has 128 valence electrons. The molecular weight excluding hydrogens is 299 g/mol.